The van der Waals surface area contributed by atoms with Gasteiger partial charge in [0.05, 0.1) is 12.7 Å². The molecule has 1 atom stereocenters. The fraction of sp³-hybridized carbons (Fsp3) is 0.733. The van der Waals surface area contributed by atoms with Crippen LogP contribution < -0.4 is 9.64 Å². The largest absolute Gasteiger partial charge is 0.472 e. The summed E-state index contributed by atoms with van der Waals surface area (Å²) in [6.07, 6.45) is 5.90. The Hall–Kier alpha value is -1.36. The van der Waals surface area contributed by atoms with Crippen molar-refractivity contribution in [2.75, 3.05) is 31.2 Å². The van der Waals surface area contributed by atoms with Gasteiger partial charge < -0.3 is 14.4 Å². The van der Waals surface area contributed by atoms with Crippen LogP contribution in [0.25, 0.3) is 0 Å². The molecule has 0 bridgehead atoms. The van der Waals surface area contributed by atoms with Gasteiger partial charge in [0.1, 0.15) is 0 Å². The molecule has 5 nitrogen and oxygen atoms in total. The summed E-state index contributed by atoms with van der Waals surface area (Å²) in [5.41, 5.74) is 0. The van der Waals surface area contributed by atoms with Crippen LogP contribution in [0.15, 0.2) is 12.4 Å². The molecule has 1 aliphatic rings. The van der Waals surface area contributed by atoms with E-state index in [-0.39, 0.29) is 6.10 Å². The van der Waals surface area contributed by atoms with Gasteiger partial charge in [-0.3, -0.25) is 0 Å². The van der Waals surface area contributed by atoms with Gasteiger partial charge in [-0.05, 0) is 39.5 Å². The second-order valence-corrected chi connectivity index (χ2v) is 5.47. The van der Waals surface area contributed by atoms with Gasteiger partial charge in [0.2, 0.25) is 0 Å². The Morgan fingerprint density at radius 3 is 2.90 bits per heavy atom. The summed E-state index contributed by atoms with van der Waals surface area (Å²) in [6.45, 7) is 9.64. The molecule has 112 valence electrons. The van der Waals surface area contributed by atoms with E-state index < -0.39 is 0 Å². The van der Waals surface area contributed by atoms with Crippen LogP contribution in [-0.2, 0) is 4.74 Å². The van der Waals surface area contributed by atoms with E-state index >= 15 is 0 Å². The van der Waals surface area contributed by atoms with Crippen LogP contribution in [0, 0.1) is 5.92 Å². The van der Waals surface area contributed by atoms with E-state index in [9.17, 15) is 0 Å². The maximum atomic E-state index is 5.77. The van der Waals surface area contributed by atoms with Gasteiger partial charge in [0.15, 0.2) is 5.82 Å². The quantitative estimate of drug-likeness (QED) is 0.800. The maximum absolute atomic E-state index is 5.77. The third-order valence-electron chi connectivity index (χ3n) is 3.37. The van der Waals surface area contributed by atoms with E-state index in [0.717, 1.165) is 38.5 Å². The third kappa shape index (κ3) is 4.07. The third-order valence-corrected chi connectivity index (χ3v) is 3.37. The van der Waals surface area contributed by atoms with Gasteiger partial charge in [-0.15, -0.1) is 0 Å². The molecule has 1 aromatic rings. The monoisotopic (exact) mass is 279 g/mol. The Morgan fingerprint density at radius 2 is 2.15 bits per heavy atom. The first-order chi connectivity index (χ1) is 9.70. The topological polar surface area (TPSA) is 47.5 Å². The average Bonchev–Trinajstić information content (AvgIpc) is 2.45. The number of anilines is 1. The number of piperidine rings is 1. The molecule has 0 amide bonds. The second kappa shape index (κ2) is 7.43. The van der Waals surface area contributed by atoms with E-state index in [4.69, 9.17) is 9.47 Å². The molecule has 1 unspecified atom stereocenters. The number of nitrogens with zero attached hydrogens (tertiary/aromatic N) is 3. The Kier molecular flexibility index (Phi) is 5.59. The standard InChI is InChI=1S/C15H25N3O2/c1-4-19-11-13-6-5-9-18(10-13)14-15(20-12(2)3)17-8-7-16-14/h7-8,12-13H,4-6,9-11H2,1-3H3. The van der Waals surface area contributed by atoms with Crippen molar-refractivity contribution in [3.8, 4) is 5.88 Å². The molecule has 5 heteroatoms. The molecule has 0 aromatic carbocycles. The maximum Gasteiger partial charge on any atom is 0.257 e. The fourth-order valence-corrected chi connectivity index (χ4v) is 2.52. The Morgan fingerprint density at radius 1 is 1.35 bits per heavy atom. The Balaban J connectivity index is 2.06. The zero-order valence-corrected chi connectivity index (χ0v) is 12.7. The molecule has 0 spiro atoms. The molecule has 2 heterocycles. The van der Waals surface area contributed by atoms with E-state index in [1.165, 1.54) is 6.42 Å². The average molecular weight is 279 g/mol. The van der Waals surface area contributed by atoms with Gasteiger partial charge in [-0.2, -0.15) is 0 Å². The van der Waals surface area contributed by atoms with Crippen LogP contribution in [0.2, 0.25) is 0 Å². The second-order valence-electron chi connectivity index (χ2n) is 5.47. The highest BCUT2D eigenvalue weighted by molar-refractivity contribution is 5.48. The van der Waals surface area contributed by atoms with Crippen molar-refractivity contribution in [1.29, 1.82) is 0 Å². The number of ether oxygens (including phenoxy) is 2. The van der Waals surface area contributed by atoms with Crippen LogP contribution in [0.3, 0.4) is 0 Å². The van der Waals surface area contributed by atoms with Crippen LogP contribution in [-0.4, -0.2) is 42.4 Å². The summed E-state index contributed by atoms with van der Waals surface area (Å²) in [6, 6.07) is 0. The molecule has 20 heavy (non-hydrogen) atoms. The zero-order valence-electron chi connectivity index (χ0n) is 12.7. The summed E-state index contributed by atoms with van der Waals surface area (Å²) in [4.78, 5) is 11.1. The lowest BCUT2D eigenvalue weighted by Gasteiger charge is -2.33. The lowest BCUT2D eigenvalue weighted by Crippen LogP contribution is -2.38. The minimum Gasteiger partial charge on any atom is -0.472 e. The molecule has 0 aliphatic carbocycles. The predicted octanol–water partition coefficient (Wildman–Crippen LogP) is 2.52. The molecule has 1 aromatic heterocycles. The highest BCUT2D eigenvalue weighted by atomic mass is 16.5. The minimum atomic E-state index is 0.106. The van der Waals surface area contributed by atoms with Gasteiger partial charge in [0, 0.05) is 32.1 Å². The highest BCUT2D eigenvalue weighted by Gasteiger charge is 2.24. The molecular weight excluding hydrogens is 254 g/mol. The first-order valence-corrected chi connectivity index (χ1v) is 7.51. The molecule has 0 saturated carbocycles. The van der Waals surface area contributed by atoms with Crippen molar-refractivity contribution in [3.63, 3.8) is 0 Å². The van der Waals surface area contributed by atoms with Crippen molar-refractivity contribution in [1.82, 2.24) is 9.97 Å². The van der Waals surface area contributed by atoms with Crippen molar-refractivity contribution < 1.29 is 9.47 Å². The summed E-state index contributed by atoms with van der Waals surface area (Å²) in [5.74, 6) is 2.07. The fourth-order valence-electron chi connectivity index (χ4n) is 2.52. The lowest BCUT2D eigenvalue weighted by molar-refractivity contribution is 0.104. The van der Waals surface area contributed by atoms with E-state index in [1.807, 2.05) is 20.8 Å². The van der Waals surface area contributed by atoms with Crippen molar-refractivity contribution >= 4 is 5.82 Å². The summed E-state index contributed by atoms with van der Waals surface area (Å²) in [7, 11) is 0. The van der Waals surface area contributed by atoms with Gasteiger partial charge >= 0.3 is 0 Å². The molecule has 0 N–H and O–H groups in total. The Bertz CT molecular complexity index is 412. The SMILES string of the molecule is CCOCC1CCCN(c2nccnc2OC(C)C)C1. The smallest absolute Gasteiger partial charge is 0.257 e. The summed E-state index contributed by atoms with van der Waals surface area (Å²) in [5, 5.41) is 0. The highest BCUT2D eigenvalue weighted by Crippen LogP contribution is 2.28. The van der Waals surface area contributed by atoms with E-state index in [2.05, 4.69) is 14.9 Å². The van der Waals surface area contributed by atoms with Crippen molar-refractivity contribution in [2.24, 2.45) is 5.92 Å². The number of hydrogen-bond acceptors (Lipinski definition) is 5. The zero-order chi connectivity index (χ0) is 14.4. The van der Waals surface area contributed by atoms with Crippen molar-refractivity contribution in [2.45, 2.75) is 39.7 Å². The molecule has 2 rings (SSSR count). The minimum absolute atomic E-state index is 0.106. The van der Waals surface area contributed by atoms with Crippen LogP contribution in [0.4, 0.5) is 5.82 Å². The van der Waals surface area contributed by atoms with Gasteiger partial charge in [-0.1, -0.05) is 0 Å². The molecule has 1 saturated heterocycles. The van der Waals surface area contributed by atoms with Crippen LogP contribution >= 0.6 is 0 Å². The van der Waals surface area contributed by atoms with E-state index in [0.29, 0.717) is 11.8 Å². The number of hydrogen-bond donors (Lipinski definition) is 0. The normalized spacial score (nSPS) is 19.4. The predicted molar refractivity (Wildman–Crippen MR) is 79.2 cm³/mol. The van der Waals surface area contributed by atoms with Crippen molar-refractivity contribution in [3.05, 3.63) is 12.4 Å². The summed E-state index contributed by atoms with van der Waals surface area (Å²) >= 11 is 0. The number of rotatable bonds is 6. The molecule has 1 aliphatic heterocycles. The van der Waals surface area contributed by atoms with Gasteiger partial charge in [-0.25, -0.2) is 9.97 Å². The molecule has 1 fully saturated rings. The van der Waals surface area contributed by atoms with Gasteiger partial charge in [0.25, 0.3) is 5.88 Å². The lowest BCUT2D eigenvalue weighted by atomic mass is 9.99. The molecular formula is C15H25N3O2. The first-order valence-electron chi connectivity index (χ1n) is 7.51. The Labute approximate surface area is 121 Å². The number of aromatic nitrogens is 2. The van der Waals surface area contributed by atoms with E-state index in [1.54, 1.807) is 12.4 Å². The van der Waals surface area contributed by atoms with Crippen LogP contribution in [0.5, 0.6) is 5.88 Å². The van der Waals surface area contributed by atoms with Crippen LogP contribution in [0.1, 0.15) is 33.6 Å². The molecule has 0 radical (unpaired) electrons. The summed E-state index contributed by atoms with van der Waals surface area (Å²) < 4.78 is 11.3. The first kappa shape index (κ1) is 15.0.